The second-order valence-electron chi connectivity index (χ2n) is 3.57. The molecule has 0 aliphatic heterocycles. The Morgan fingerprint density at radius 1 is 0.889 bits per heavy atom. The van der Waals surface area contributed by atoms with Crippen LogP contribution in [0.5, 0.6) is 0 Å². The Hall–Kier alpha value is -0.280. The van der Waals surface area contributed by atoms with E-state index in [0.29, 0.717) is 13.2 Å². The van der Waals surface area contributed by atoms with E-state index >= 15 is 0 Å². The molecule has 0 spiro atoms. The Balaban J connectivity index is 3.90. The fourth-order valence-corrected chi connectivity index (χ4v) is 1.19. The van der Waals surface area contributed by atoms with Crippen LogP contribution in [-0.4, -0.2) is 87.5 Å². The van der Waals surface area contributed by atoms with Gasteiger partial charge in [-0.2, -0.15) is 0 Å². The molecule has 0 bridgehead atoms. The molecule has 2 unspecified atom stereocenters. The quantitative estimate of drug-likeness (QED) is 0.346. The molecule has 0 aromatic heterocycles. The number of aliphatic hydroxyl groups is 3. The van der Waals surface area contributed by atoms with Gasteiger partial charge in [-0.05, 0) is 0 Å². The Kier molecular flexibility index (Phi) is 13.0. The third-order valence-corrected chi connectivity index (χ3v) is 2.09. The van der Waals surface area contributed by atoms with Gasteiger partial charge in [0.1, 0.15) is 12.2 Å². The lowest BCUT2D eigenvalue weighted by Crippen LogP contribution is -2.38. The average Bonchev–Trinajstić information content (AvgIpc) is 2.37. The second kappa shape index (κ2) is 13.2. The Labute approximate surface area is 107 Å². The SMILES string of the molecule is COCCOC(COCCO)C(O)COCCO. The van der Waals surface area contributed by atoms with Gasteiger partial charge in [-0.1, -0.05) is 0 Å². The summed E-state index contributed by atoms with van der Waals surface area (Å²) in [6.07, 6.45) is -1.41. The molecule has 2 atom stereocenters. The molecule has 0 saturated carbocycles. The highest BCUT2D eigenvalue weighted by Crippen LogP contribution is 2.02. The molecule has 18 heavy (non-hydrogen) atoms. The Morgan fingerprint density at radius 3 is 2.06 bits per heavy atom. The van der Waals surface area contributed by atoms with E-state index in [1.165, 1.54) is 0 Å². The van der Waals surface area contributed by atoms with Gasteiger partial charge in [-0.3, -0.25) is 0 Å². The fraction of sp³-hybridized carbons (Fsp3) is 1.00. The van der Waals surface area contributed by atoms with Crippen molar-refractivity contribution in [1.29, 1.82) is 0 Å². The van der Waals surface area contributed by atoms with Crippen molar-refractivity contribution < 1.29 is 34.3 Å². The van der Waals surface area contributed by atoms with Gasteiger partial charge in [0, 0.05) is 7.11 Å². The summed E-state index contributed by atoms with van der Waals surface area (Å²) in [4.78, 5) is 0. The molecule has 0 rings (SSSR count). The van der Waals surface area contributed by atoms with Crippen molar-refractivity contribution in [2.24, 2.45) is 0 Å². The maximum absolute atomic E-state index is 9.82. The van der Waals surface area contributed by atoms with Crippen LogP contribution in [0.1, 0.15) is 0 Å². The van der Waals surface area contributed by atoms with Crippen molar-refractivity contribution in [3.05, 3.63) is 0 Å². The molecule has 0 fully saturated rings. The molecule has 3 N–H and O–H groups in total. The van der Waals surface area contributed by atoms with Gasteiger partial charge < -0.3 is 34.3 Å². The number of rotatable bonds is 13. The predicted octanol–water partition coefficient (Wildman–Crippen LogP) is -1.60. The number of aliphatic hydroxyl groups excluding tert-OH is 3. The zero-order chi connectivity index (χ0) is 13.6. The van der Waals surface area contributed by atoms with Crippen LogP contribution in [0.2, 0.25) is 0 Å². The maximum Gasteiger partial charge on any atom is 0.109 e. The summed E-state index contributed by atoms with van der Waals surface area (Å²) in [5, 5.41) is 27.0. The van der Waals surface area contributed by atoms with E-state index in [4.69, 9.17) is 29.2 Å². The molecule has 0 aliphatic carbocycles. The summed E-state index contributed by atoms with van der Waals surface area (Å²) in [6, 6.07) is 0. The lowest BCUT2D eigenvalue weighted by molar-refractivity contribution is -0.112. The van der Waals surface area contributed by atoms with Gasteiger partial charge in [-0.25, -0.2) is 0 Å². The van der Waals surface area contributed by atoms with Crippen LogP contribution < -0.4 is 0 Å². The number of hydrogen-bond acceptors (Lipinski definition) is 7. The normalized spacial score (nSPS) is 14.7. The van der Waals surface area contributed by atoms with Gasteiger partial charge in [0.15, 0.2) is 0 Å². The minimum atomic E-state index is -0.855. The Morgan fingerprint density at radius 2 is 1.50 bits per heavy atom. The molecule has 0 amide bonds. The fourth-order valence-electron chi connectivity index (χ4n) is 1.19. The second-order valence-corrected chi connectivity index (χ2v) is 3.57. The summed E-state index contributed by atoms with van der Waals surface area (Å²) in [6.45, 7) is 1.15. The molecule has 0 saturated heterocycles. The predicted molar refractivity (Wildman–Crippen MR) is 63.4 cm³/mol. The summed E-state index contributed by atoms with van der Waals surface area (Å²) >= 11 is 0. The molecular weight excluding hydrogens is 244 g/mol. The van der Waals surface area contributed by atoms with Gasteiger partial charge in [0.05, 0.1) is 52.9 Å². The third kappa shape index (κ3) is 9.72. The molecular formula is C11H24O7. The first-order chi connectivity index (χ1) is 8.76. The summed E-state index contributed by atoms with van der Waals surface area (Å²) in [7, 11) is 1.56. The highest BCUT2D eigenvalue weighted by atomic mass is 16.6. The van der Waals surface area contributed by atoms with Gasteiger partial charge in [-0.15, -0.1) is 0 Å². The van der Waals surface area contributed by atoms with Crippen molar-refractivity contribution in [2.75, 3.05) is 60.0 Å². The van der Waals surface area contributed by atoms with E-state index < -0.39 is 12.2 Å². The van der Waals surface area contributed by atoms with E-state index in [-0.39, 0.29) is 39.6 Å². The number of ether oxygens (including phenoxy) is 4. The van der Waals surface area contributed by atoms with E-state index in [9.17, 15) is 5.11 Å². The molecule has 0 heterocycles. The highest BCUT2D eigenvalue weighted by Gasteiger charge is 2.20. The summed E-state index contributed by atoms with van der Waals surface area (Å²) < 4.78 is 20.4. The maximum atomic E-state index is 9.82. The largest absolute Gasteiger partial charge is 0.394 e. The summed E-state index contributed by atoms with van der Waals surface area (Å²) in [5.74, 6) is 0. The van der Waals surface area contributed by atoms with Gasteiger partial charge in [0.25, 0.3) is 0 Å². The van der Waals surface area contributed by atoms with Crippen molar-refractivity contribution in [1.82, 2.24) is 0 Å². The first-order valence-corrected chi connectivity index (χ1v) is 5.92. The van der Waals surface area contributed by atoms with Gasteiger partial charge >= 0.3 is 0 Å². The lowest BCUT2D eigenvalue weighted by Gasteiger charge is -2.23. The smallest absolute Gasteiger partial charge is 0.109 e. The van der Waals surface area contributed by atoms with Crippen molar-refractivity contribution in [2.45, 2.75) is 12.2 Å². The van der Waals surface area contributed by atoms with E-state index in [1.807, 2.05) is 0 Å². The summed E-state index contributed by atoms with van der Waals surface area (Å²) in [5.41, 5.74) is 0. The van der Waals surface area contributed by atoms with Crippen LogP contribution in [0.15, 0.2) is 0 Å². The number of methoxy groups -OCH3 is 1. The first kappa shape index (κ1) is 17.7. The number of hydrogen-bond donors (Lipinski definition) is 3. The van der Waals surface area contributed by atoms with E-state index in [2.05, 4.69) is 0 Å². The lowest BCUT2D eigenvalue weighted by atomic mass is 10.2. The molecule has 0 aliphatic rings. The van der Waals surface area contributed by atoms with Crippen LogP contribution in [0.3, 0.4) is 0 Å². The van der Waals surface area contributed by atoms with Gasteiger partial charge in [0.2, 0.25) is 0 Å². The first-order valence-electron chi connectivity index (χ1n) is 5.92. The van der Waals surface area contributed by atoms with Crippen LogP contribution in [0.25, 0.3) is 0 Å². The topological polar surface area (TPSA) is 97.6 Å². The molecule has 0 radical (unpaired) electrons. The molecule has 7 nitrogen and oxygen atoms in total. The van der Waals surface area contributed by atoms with Crippen LogP contribution in [0.4, 0.5) is 0 Å². The Bertz CT molecular complexity index is 157. The van der Waals surface area contributed by atoms with Crippen LogP contribution in [0, 0.1) is 0 Å². The zero-order valence-electron chi connectivity index (χ0n) is 10.8. The van der Waals surface area contributed by atoms with E-state index in [1.54, 1.807) is 7.11 Å². The molecule has 0 aromatic carbocycles. The minimum Gasteiger partial charge on any atom is -0.394 e. The standard InChI is InChI=1S/C11H24O7/c1-15-6-7-18-11(9-17-5-3-13)10(14)8-16-4-2-12/h10-14H,2-9H2,1H3. The van der Waals surface area contributed by atoms with Crippen molar-refractivity contribution in [3.8, 4) is 0 Å². The van der Waals surface area contributed by atoms with Crippen LogP contribution >= 0.6 is 0 Å². The van der Waals surface area contributed by atoms with Crippen molar-refractivity contribution in [3.63, 3.8) is 0 Å². The zero-order valence-corrected chi connectivity index (χ0v) is 10.8. The highest BCUT2D eigenvalue weighted by molar-refractivity contribution is 4.68. The molecule has 7 heteroatoms. The van der Waals surface area contributed by atoms with Crippen LogP contribution in [-0.2, 0) is 18.9 Å². The van der Waals surface area contributed by atoms with Crippen molar-refractivity contribution >= 4 is 0 Å². The molecule has 110 valence electrons. The minimum absolute atomic E-state index is 0.0562. The monoisotopic (exact) mass is 268 g/mol. The van der Waals surface area contributed by atoms with E-state index in [0.717, 1.165) is 0 Å². The molecule has 0 aromatic rings. The third-order valence-electron chi connectivity index (χ3n) is 2.09. The average molecular weight is 268 g/mol.